The van der Waals surface area contributed by atoms with Gasteiger partial charge in [0.1, 0.15) is 17.4 Å². The van der Waals surface area contributed by atoms with Gasteiger partial charge in [0.15, 0.2) is 0 Å². The summed E-state index contributed by atoms with van der Waals surface area (Å²) in [6.45, 7) is 0. The molecule has 0 saturated heterocycles. The molecule has 0 spiro atoms. The predicted octanol–water partition coefficient (Wildman–Crippen LogP) is 0.438. The van der Waals surface area contributed by atoms with E-state index in [0.717, 1.165) is 4.73 Å². The lowest BCUT2D eigenvalue weighted by molar-refractivity contribution is 0.198. The van der Waals surface area contributed by atoms with Gasteiger partial charge in [0.05, 0.1) is 11.4 Å². The summed E-state index contributed by atoms with van der Waals surface area (Å²) in [4.78, 5) is 3.89. The van der Waals surface area contributed by atoms with E-state index in [0.29, 0.717) is 22.4 Å². The van der Waals surface area contributed by atoms with Crippen molar-refractivity contribution in [2.75, 3.05) is 11.5 Å². The van der Waals surface area contributed by atoms with E-state index < -0.39 is 0 Å². The third-order valence-corrected chi connectivity index (χ3v) is 1.74. The maximum Gasteiger partial charge on any atom is 0.133 e. The van der Waals surface area contributed by atoms with E-state index in [4.69, 9.17) is 11.5 Å². The van der Waals surface area contributed by atoms with Crippen LogP contribution in [0.4, 0.5) is 11.4 Å². The van der Waals surface area contributed by atoms with E-state index in [-0.39, 0.29) is 0 Å². The quantitative estimate of drug-likeness (QED) is 0.389. The molecule has 0 aliphatic heterocycles. The first-order chi connectivity index (χ1) is 5.70. The molecule has 5 N–H and O–H groups in total. The van der Waals surface area contributed by atoms with Crippen LogP contribution < -0.4 is 11.5 Å². The molecule has 1 aromatic heterocycles. The lowest BCUT2D eigenvalue weighted by Gasteiger charge is -1.99. The topological polar surface area (TPSA) is 90.1 Å². The van der Waals surface area contributed by atoms with Crippen LogP contribution >= 0.6 is 0 Å². The van der Waals surface area contributed by atoms with Gasteiger partial charge in [-0.1, -0.05) is 0 Å². The fourth-order valence-corrected chi connectivity index (χ4v) is 1.16. The molecule has 0 saturated carbocycles. The summed E-state index contributed by atoms with van der Waals surface area (Å²) in [7, 11) is 0. The third kappa shape index (κ3) is 0.701. The maximum absolute atomic E-state index is 9.24. The summed E-state index contributed by atoms with van der Waals surface area (Å²) in [6, 6.07) is 3.29. The molecule has 2 aromatic rings. The van der Waals surface area contributed by atoms with Gasteiger partial charge >= 0.3 is 0 Å². The van der Waals surface area contributed by atoms with Gasteiger partial charge in [-0.15, -0.1) is 0 Å². The van der Waals surface area contributed by atoms with Crippen LogP contribution in [-0.2, 0) is 0 Å². The highest BCUT2D eigenvalue weighted by atomic mass is 16.5. The van der Waals surface area contributed by atoms with Gasteiger partial charge in [0.2, 0.25) is 0 Å². The van der Waals surface area contributed by atoms with Crippen molar-refractivity contribution in [3.8, 4) is 0 Å². The van der Waals surface area contributed by atoms with E-state index >= 15 is 0 Å². The minimum Gasteiger partial charge on any atom is -0.427 e. The smallest absolute Gasteiger partial charge is 0.133 e. The number of hydrogen-bond donors (Lipinski definition) is 3. The summed E-state index contributed by atoms with van der Waals surface area (Å²) < 4.78 is 0.862. The third-order valence-electron chi connectivity index (χ3n) is 1.74. The van der Waals surface area contributed by atoms with Crippen molar-refractivity contribution in [2.45, 2.75) is 0 Å². The molecule has 0 aliphatic carbocycles. The lowest BCUT2D eigenvalue weighted by atomic mass is 10.2. The van der Waals surface area contributed by atoms with E-state index in [2.05, 4.69) is 4.98 Å². The highest BCUT2D eigenvalue weighted by molar-refractivity contribution is 5.95. The van der Waals surface area contributed by atoms with Crippen molar-refractivity contribution in [1.82, 2.24) is 9.71 Å². The van der Waals surface area contributed by atoms with Gasteiger partial charge < -0.3 is 16.7 Å². The Balaban J connectivity index is 2.98. The second-order valence-electron chi connectivity index (χ2n) is 2.53. The fraction of sp³-hybridized carbons (Fsp3) is 0. The average Bonchev–Trinajstić information content (AvgIpc) is 2.42. The zero-order valence-corrected chi connectivity index (χ0v) is 6.23. The largest absolute Gasteiger partial charge is 0.427 e. The molecule has 0 amide bonds. The summed E-state index contributed by atoms with van der Waals surface area (Å²) >= 11 is 0. The monoisotopic (exact) mass is 164 g/mol. The van der Waals surface area contributed by atoms with Gasteiger partial charge in [0.25, 0.3) is 0 Å². The molecule has 5 heteroatoms. The van der Waals surface area contributed by atoms with Crippen molar-refractivity contribution < 1.29 is 5.21 Å². The van der Waals surface area contributed by atoms with E-state index in [1.165, 1.54) is 6.33 Å². The first-order valence-electron chi connectivity index (χ1n) is 3.40. The molecule has 0 bridgehead atoms. The zero-order chi connectivity index (χ0) is 8.72. The number of nitrogens with zero attached hydrogens (tertiary/aromatic N) is 2. The van der Waals surface area contributed by atoms with Crippen molar-refractivity contribution in [2.24, 2.45) is 0 Å². The number of hydrogen-bond acceptors (Lipinski definition) is 4. The molecule has 1 aromatic carbocycles. The standard InChI is InChI=1S/C7H8N4O/c8-4-1-2-5(9)7-6(4)10-3-11(7)12/h1-3,12H,8-9H2. The van der Waals surface area contributed by atoms with Crippen molar-refractivity contribution in [3.05, 3.63) is 18.5 Å². The second-order valence-corrected chi connectivity index (χ2v) is 2.53. The molecule has 0 radical (unpaired) electrons. The zero-order valence-electron chi connectivity index (χ0n) is 6.23. The first-order valence-corrected chi connectivity index (χ1v) is 3.40. The number of imidazole rings is 1. The number of benzene rings is 1. The molecule has 1 heterocycles. The van der Waals surface area contributed by atoms with Gasteiger partial charge in [-0.25, -0.2) is 4.98 Å². The first kappa shape index (κ1) is 6.78. The van der Waals surface area contributed by atoms with Crippen LogP contribution in [0.15, 0.2) is 18.5 Å². The molecule has 0 unspecified atom stereocenters. The van der Waals surface area contributed by atoms with Crippen LogP contribution in [0.1, 0.15) is 0 Å². The SMILES string of the molecule is Nc1ccc(N)c2c1ncn2O. The number of aromatic nitrogens is 2. The second kappa shape index (κ2) is 2.04. The predicted molar refractivity (Wildman–Crippen MR) is 45.7 cm³/mol. The highest BCUT2D eigenvalue weighted by Crippen LogP contribution is 2.23. The molecule has 12 heavy (non-hydrogen) atoms. The molecule has 0 atom stereocenters. The Labute approximate surface area is 68.2 Å². The Hall–Kier alpha value is -1.91. The van der Waals surface area contributed by atoms with Crippen LogP contribution in [0, 0.1) is 0 Å². The average molecular weight is 164 g/mol. The van der Waals surface area contributed by atoms with Crippen LogP contribution in [0.5, 0.6) is 0 Å². The Bertz CT molecular complexity index is 434. The van der Waals surface area contributed by atoms with Gasteiger partial charge in [0, 0.05) is 0 Å². The molecular weight excluding hydrogens is 156 g/mol. The minimum absolute atomic E-state index is 0.454. The number of nitrogens with two attached hydrogens (primary N) is 2. The van der Waals surface area contributed by atoms with E-state index in [9.17, 15) is 5.21 Å². The van der Waals surface area contributed by atoms with Gasteiger partial charge in [-0.3, -0.25) is 0 Å². The number of anilines is 2. The Morgan fingerprint density at radius 3 is 2.58 bits per heavy atom. The van der Waals surface area contributed by atoms with Crippen LogP contribution in [0.2, 0.25) is 0 Å². The molecule has 0 aliphatic rings. The summed E-state index contributed by atoms with van der Waals surface area (Å²) in [5, 5.41) is 9.24. The number of nitrogen functional groups attached to an aromatic ring is 2. The highest BCUT2D eigenvalue weighted by Gasteiger charge is 2.07. The summed E-state index contributed by atoms with van der Waals surface area (Å²) in [6.07, 6.45) is 1.26. The summed E-state index contributed by atoms with van der Waals surface area (Å²) in [5.74, 6) is 0. The van der Waals surface area contributed by atoms with E-state index in [1.54, 1.807) is 12.1 Å². The molecule has 5 nitrogen and oxygen atoms in total. The Morgan fingerprint density at radius 1 is 1.25 bits per heavy atom. The molecule has 2 rings (SSSR count). The van der Waals surface area contributed by atoms with Crippen molar-refractivity contribution >= 4 is 22.4 Å². The van der Waals surface area contributed by atoms with Crippen LogP contribution in [-0.4, -0.2) is 14.9 Å². The summed E-state index contributed by atoms with van der Waals surface area (Å²) in [5.41, 5.74) is 13.1. The normalized spacial score (nSPS) is 10.7. The molecule has 62 valence electrons. The fourth-order valence-electron chi connectivity index (χ4n) is 1.16. The Morgan fingerprint density at radius 2 is 1.92 bits per heavy atom. The van der Waals surface area contributed by atoms with E-state index in [1.807, 2.05) is 0 Å². The lowest BCUT2D eigenvalue weighted by Crippen LogP contribution is -1.95. The minimum atomic E-state index is 0.454. The van der Waals surface area contributed by atoms with Crippen LogP contribution in [0.25, 0.3) is 11.0 Å². The molecular formula is C7H8N4O. The number of rotatable bonds is 0. The van der Waals surface area contributed by atoms with Gasteiger partial charge in [-0.2, -0.15) is 4.73 Å². The Kier molecular flexibility index (Phi) is 1.15. The van der Waals surface area contributed by atoms with Crippen molar-refractivity contribution in [3.63, 3.8) is 0 Å². The maximum atomic E-state index is 9.24. The van der Waals surface area contributed by atoms with Crippen LogP contribution in [0.3, 0.4) is 0 Å². The molecule has 0 fully saturated rings. The van der Waals surface area contributed by atoms with Gasteiger partial charge in [-0.05, 0) is 12.1 Å². The van der Waals surface area contributed by atoms with Crippen molar-refractivity contribution in [1.29, 1.82) is 0 Å². The number of fused-ring (bicyclic) bond motifs is 1.